The lowest BCUT2D eigenvalue weighted by molar-refractivity contribution is -0.148. The van der Waals surface area contributed by atoms with Gasteiger partial charge in [-0.2, -0.15) is 0 Å². The molecule has 1 aromatic carbocycles. The lowest BCUT2D eigenvalue weighted by atomic mass is 9.85. The Morgan fingerprint density at radius 3 is 2.17 bits per heavy atom. The first-order chi connectivity index (χ1) is 22.4. The molecule has 1 saturated carbocycles. The predicted molar refractivity (Wildman–Crippen MR) is 184 cm³/mol. The van der Waals surface area contributed by atoms with Crippen LogP contribution in [0.5, 0.6) is 0 Å². The highest BCUT2D eigenvalue weighted by molar-refractivity contribution is 6.30. The lowest BCUT2D eigenvalue weighted by Crippen LogP contribution is -2.54. The zero-order chi connectivity index (χ0) is 33.5. The summed E-state index contributed by atoms with van der Waals surface area (Å²) in [4.78, 5) is 54.3. The third kappa shape index (κ3) is 7.53. The standard InChI is InChI=1S/C37H56ClN5O4/c1-25-8-14-28(15-9-25)43(36(46)33-7-6-20-47-33)29-21-32(35(45)40-18-16-39(5)17-19-40)42(22-29)34(44)31-24-41(37(2,3)4)23-30(31)26-10-12-27(38)13-11-26/h10-13,25,28-33H,6-9,14-24H2,1-5H3/t25-,28+,29-,30-,31+,32-,33-/m0/s1. The highest BCUT2D eigenvalue weighted by atomic mass is 35.5. The fraction of sp³-hybridized carbons (Fsp3) is 0.757. The molecule has 5 atom stereocenters. The van der Waals surface area contributed by atoms with Crippen LogP contribution < -0.4 is 0 Å². The number of hydrogen-bond acceptors (Lipinski definition) is 6. The summed E-state index contributed by atoms with van der Waals surface area (Å²) in [5.41, 5.74) is 0.994. The zero-order valence-electron chi connectivity index (χ0n) is 29.2. The normalized spacial score (nSPS) is 32.6. The zero-order valence-corrected chi connectivity index (χ0v) is 30.0. The number of carbonyl (C=O) groups excluding carboxylic acids is 3. The maximum Gasteiger partial charge on any atom is 0.252 e. The van der Waals surface area contributed by atoms with Crippen LogP contribution >= 0.6 is 11.6 Å². The third-order valence-corrected chi connectivity index (χ3v) is 12.0. The molecule has 9 nitrogen and oxygen atoms in total. The maximum atomic E-state index is 15.0. The van der Waals surface area contributed by atoms with Crippen molar-refractivity contribution < 1.29 is 19.1 Å². The summed E-state index contributed by atoms with van der Waals surface area (Å²) >= 11 is 6.28. The van der Waals surface area contributed by atoms with Crippen LogP contribution in [0.1, 0.15) is 84.1 Å². The van der Waals surface area contributed by atoms with Crippen molar-refractivity contribution >= 4 is 29.3 Å². The predicted octanol–water partition coefficient (Wildman–Crippen LogP) is 4.48. The number of likely N-dealkylation sites (tertiary alicyclic amines) is 2. The van der Waals surface area contributed by atoms with Gasteiger partial charge in [-0.25, -0.2) is 0 Å². The van der Waals surface area contributed by atoms with Gasteiger partial charge in [0.05, 0.1) is 12.0 Å². The van der Waals surface area contributed by atoms with Gasteiger partial charge in [-0.05, 0) is 96.4 Å². The van der Waals surface area contributed by atoms with Crippen molar-refractivity contribution in [2.45, 2.75) is 108 Å². The minimum atomic E-state index is -0.576. The summed E-state index contributed by atoms with van der Waals surface area (Å²) in [5.74, 6) is 0.470. The van der Waals surface area contributed by atoms with Crippen molar-refractivity contribution in [3.8, 4) is 0 Å². The number of ether oxygens (including phenoxy) is 1. The Morgan fingerprint density at radius 2 is 1.55 bits per heavy atom. The Labute approximate surface area is 286 Å². The van der Waals surface area contributed by atoms with Crippen LogP contribution in [-0.2, 0) is 19.1 Å². The fourth-order valence-electron chi connectivity index (χ4n) is 8.71. The highest BCUT2D eigenvalue weighted by Gasteiger charge is 2.51. The Morgan fingerprint density at radius 1 is 0.872 bits per heavy atom. The molecule has 4 heterocycles. The lowest BCUT2D eigenvalue weighted by Gasteiger charge is -2.41. The van der Waals surface area contributed by atoms with Crippen molar-refractivity contribution in [1.82, 2.24) is 24.5 Å². The molecule has 0 spiro atoms. The van der Waals surface area contributed by atoms with Gasteiger partial charge >= 0.3 is 0 Å². The summed E-state index contributed by atoms with van der Waals surface area (Å²) in [5, 5.41) is 0.677. The average molecular weight is 670 g/mol. The van der Waals surface area contributed by atoms with Crippen LogP contribution in [0.15, 0.2) is 24.3 Å². The molecule has 0 aromatic heterocycles. The van der Waals surface area contributed by atoms with E-state index in [2.05, 4.69) is 49.4 Å². The Bertz CT molecular complexity index is 1260. The van der Waals surface area contributed by atoms with Crippen LogP contribution in [0.3, 0.4) is 0 Å². The molecule has 47 heavy (non-hydrogen) atoms. The monoisotopic (exact) mass is 669 g/mol. The summed E-state index contributed by atoms with van der Waals surface area (Å²) in [6.45, 7) is 14.3. The molecule has 4 saturated heterocycles. The number of nitrogens with zero attached hydrogens (tertiary/aromatic N) is 5. The average Bonchev–Trinajstić information content (AvgIpc) is 3.83. The molecule has 5 aliphatic rings. The molecule has 0 unspecified atom stereocenters. The van der Waals surface area contributed by atoms with E-state index < -0.39 is 12.1 Å². The van der Waals surface area contributed by atoms with Crippen molar-refractivity contribution in [3.05, 3.63) is 34.9 Å². The van der Waals surface area contributed by atoms with Gasteiger partial charge in [-0.15, -0.1) is 0 Å². The molecule has 6 rings (SSSR count). The molecule has 0 N–H and O–H groups in total. The molecule has 3 amide bonds. The van der Waals surface area contributed by atoms with E-state index in [0.29, 0.717) is 50.1 Å². The Hall–Kier alpha value is -2.20. The Kier molecular flexibility index (Phi) is 10.6. The van der Waals surface area contributed by atoms with E-state index in [4.69, 9.17) is 16.3 Å². The van der Waals surface area contributed by atoms with Crippen LogP contribution in [0, 0.1) is 11.8 Å². The highest BCUT2D eigenvalue weighted by Crippen LogP contribution is 2.40. The van der Waals surface area contributed by atoms with E-state index in [1.165, 1.54) is 0 Å². The van der Waals surface area contributed by atoms with Crippen LogP contribution in [0.25, 0.3) is 0 Å². The van der Waals surface area contributed by atoms with Crippen molar-refractivity contribution in [3.63, 3.8) is 0 Å². The minimum Gasteiger partial charge on any atom is -0.368 e. The SMILES string of the molecule is CN1CCN(C(=O)[C@@H]2C[C@H](N(C(=O)[C@@H]3CCCO3)[C@H]3CC[C@@H](C)CC3)CN2C(=O)[C@@H]2CN(C(C)(C)C)C[C@H]2c2ccc(Cl)cc2)CC1. The van der Waals surface area contributed by atoms with Crippen molar-refractivity contribution in [2.24, 2.45) is 11.8 Å². The van der Waals surface area contributed by atoms with Crippen LogP contribution in [-0.4, -0.2) is 131 Å². The number of carbonyl (C=O) groups is 3. The van der Waals surface area contributed by atoms with Gasteiger partial charge in [0.25, 0.3) is 5.91 Å². The number of rotatable bonds is 6. The van der Waals surface area contributed by atoms with E-state index in [1.807, 2.05) is 34.1 Å². The quantitative estimate of drug-likeness (QED) is 0.445. The molecule has 5 fully saturated rings. The fourth-order valence-corrected chi connectivity index (χ4v) is 8.84. The Balaban J connectivity index is 1.32. The third-order valence-electron chi connectivity index (χ3n) is 11.8. The van der Waals surface area contributed by atoms with E-state index in [-0.39, 0.29) is 47.2 Å². The molecule has 0 bridgehead atoms. The molecule has 1 aliphatic carbocycles. The molecule has 0 radical (unpaired) electrons. The van der Waals surface area contributed by atoms with E-state index in [1.54, 1.807) is 0 Å². The first-order valence-corrected chi connectivity index (χ1v) is 18.5. The van der Waals surface area contributed by atoms with Crippen LogP contribution in [0.4, 0.5) is 0 Å². The number of amides is 3. The second-order valence-corrected chi connectivity index (χ2v) is 16.5. The first-order valence-electron chi connectivity index (χ1n) is 18.1. The number of piperazine rings is 1. The van der Waals surface area contributed by atoms with Crippen molar-refractivity contribution in [2.75, 3.05) is 59.5 Å². The topological polar surface area (TPSA) is 76.6 Å². The van der Waals surface area contributed by atoms with Gasteiger partial charge in [0.15, 0.2) is 0 Å². The van der Waals surface area contributed by atoms with Gasteiger partial charge in [0.1, 0.15) is 12.1 Å². The number of halogens is 1. The summed E-state index contributed by atoms with van der Waals surface area (Å²) < 4.78 is 5.95. The smallest absolute Gasteiger partial charge is 0.252 e. The second-order valence-electron chi connectivity index (χ2n) is 16.0. The van der Waals surface area contributed by atoms with Gasteiger partial charge in [0.2, 0.25) is 11.8 Å². The summed E-state index contributed by atoms with van der Waals surface area (Å²) in [6.07, 6.45) is 5.80. The first kappa shape index (κ1) is 34.7. The minimum absolute atomic E-state index is 0.0121. The molecular weight excluding hydrogens is 614 g/mol. The largest absolute Gasteiger partial charge is 0.368 e. The summed E-state index contributed by atoms with van der Waals surface area (Å²) in [7, 11) is 2.08. The van der Waals surface area contributed by atoms with Gasteiger partial charge in [0, 0.05) is 74.9 Å². The van der Waals surface area contributed by atoms with Crippen LogP contribution in [0.2, 0.25) is 5.02 Å². The van der Waals surface area contributed by atoms with E-state index in [9.17, 15) is 9.59 Å². The number of benzene rings is 1. The summed E-state index contributed by atoms with van der Waals surface area (Å²) in [6, 6.07) is 7.24. The van der Waals surface area contributed by atoms with E-state index >= 15 is 4.79 Å². The number of hydrogen-bond donors (Lipinski definition) is 0. The molecule has 260 valence electrons. The molecule has 10 heteroatoms. The van der Waals surface area contributed by atoms with E-state index in [0.717, 1.165) is 63.7 Å². The van der Waals surface area contributed by atoms with Gasteiger partial charge < -0.3 is 24.3 Å². The van der Waals surface area contributed by atoms with Gasteiger partial charge in [-0.1, -0.05) is 30.7 Å². The maximum absolute atomic E-state index is 15.0. The van der Waals surface area contributed by atoms with Gasteiger partial charge in [-0.3, -0.25) is 19.3 Å². The second kappa shape index (κ2) is 14.3. The molecule has 4 aliphatic heterocycles. The van der Waals surface area contributed by atoms with Crippen molar-refractivity contribution in [1.29, 1.82) is 0 Å². The molecule has 1 aromatic rings. The molecular formula is C37H56ClN5O4. The number of likely N-dealkylation sites (N-methyl/N-ethyl adjacent to an activating group) is 1.